The highest BCUT2D eigenvalue weighted by atomic mass is 16.1. The average Bonchev–Trinajstić information content (AvgIpc) is 2.35. The maximum atomic E-state index is 12.2. The molecule has 0 aliphatic carbocycles. The lowest BCUT2D eigenvalue weighted by Crippen LogP contribution is -2.24. The van der Waals surface area contributed by atoms with Crippen molar-refractivity contribution in [3.63, 3.8) is 0 Å². The molecule has 0 aliphatic heterocycles. The fourth-order valence-corrected chi connectivity index (χ4v) is 1.91. The van der Waals surface area contributed by atoms with Crippen LogP contribution in [0.1, 0.15) is 27.2 Å². The molecule has 0 aliphatic rings. The van der Waals surface area contributed by atoms with Crippen molar-refractivity contribution in [3.05, 3.63) is 63.3 Å². The molecule has 0 fully saturated rings. The number of carbonyl (C=O) groups excluding carboxylic acids is 1. The van der Waals surface area contributed by atoms with Crippen LogP contribution in [0.2, 0.25) is 0 Å². The first-order valence-corrected chi connectivity index (χ1v) is 6.11. The molecule has 0 saturated heterocycles. The summed E-state index contributed by atoms with van der Waals surface area (Å²) < 4.78 is 1.33. The Balaban J connectivity index is 2.31. The summed E-state index contributed by atoms with van der Waals surface area (Å²) in [5.41, 5.74) is 3.06. The van der Waals surface area contributed by atoms with Crippen LogP contribution in [0.25, 0.3) is 0 Å². The van der Waals surface area contributed by atoms with E-state index in [-0.39, 0.29) is 17.9 Å². The fraction of sp³-hybridized carbons (Fsp3) is 0.267. The molecular weight excluding hydrogens is 240 g/mol. The molecule has 0 spiro atoms. The molecule has 1 aromatic carbocycles. The van der Waals surface area contributed by atoms with Crippen molar-refractivity contribution in [2.24, 2.45) is 0 Å². The van der Waals surface area contributed by atoms with E-state index in [0.29, 0.717) is 11.3 Å². The summed E-state index contributed by atoms with van der Waals surface area (Å²) in [6, 6.07) is 7.16. The summed E-state index contributed by atoms with van der Waals surface area (Å²) in [7, 11) is 0. The minimum Gasteiger partial charge on any atom is -0.292 e. The minimum absolute atomic E-state index is 0.0242. The van der Waals surface area contributed by atoms with E-state index in [0.717, 1.165) is 11.1 Å². The molecule has 19 heavy (non-hydrogen) atoms. The Bertz CT molecular complexity index is 687. The van der Waals surface area contributed by atoms with Gasteiger partial charge in [0.1, 0.15) is 0 Å². The van der Waals surface area contributed by atoms with Crippen LogP contribution in [0.15, 0.2) is 35.4 Å². The minimum atomic E-state index is -0.203. The molecule has 1 heterocycles. The van der Waals surface area contributed by atoms with E-state index < -0.39 is 0 Å². The van der Waals surface area contributed by atoms with Crippen molar-refractivity contribution in [2.45, 2.75) is 27.3 Å². The molecule has 0 amide bonds. The Labute approximate surface area is 111 Å². The molecule has 0 saturated carbocycles. The summed E-state index contributed by atoms with van der Waals surface area (Å²) in [5.74, 6) is -0.0750. The van der Waals surface area contributed by atoms with E-state index in [1.807, 2.05) is 32.0 Å². The first kappa shape index (κ1) is 13.2. The summed E-state index contributed by atoms with van der Waals surface area (Å²) in [6.07, 6.45) is 1.42. The second kappa shape index (κ2) is 5.18. The number of rotatable bonds is 3. The number of carbonyl (C=O) groups is 1. The highest BCUT2D eigenvalue weighted by molar-refractivity contribution is 5.97. The zero-order chi connectivity index (χ0) is 14.0. The molecule has 2 rings (SSSR count). The lowest BCUT2D eigenvalue weighted by molar-refractivity contribution is 0.0969. The highest BCUT2D eigenvalue weighted by Crippen LogP contribution is 2.12. The van der Waals surface area contributed by atoms with Gasteiger partial charge in [-0.05, 0) is 32.4 Å². The van der Waals surface area contributed by atoms with E-state index in [9.17, 15) is 9.59 Å². The van der Waals surface area contributed by atoms with Gasteiger partial charge in [-0.15, -0.1) is 0 Å². The van der Waals surface area contributed by atoms with E-state index in [1.165, 1.54) is 17.0 Å². The Kier molecular flexibility index (Phi) is 3.60. The molecule has 0 radical (unpaired) electrons. The molecule has 0 unspecified atom stereocenters. The molecule has 2 aromatic rings. The van der Waals surface area contributed by atoms with Crippen molar-refractivity contribution in [2.75, 3.05) is 0 Å². The van der Waals surface area contributed by atoms with Gasteiger partial charge in [0.2, 0.25) is 0 Å². The van der Waals surface area contributed by atoms with Gasteiger partial charge in [0.05, 0.1) is 12.9 Å². The number of hydrogen-bond acceptors (Lipinski definition) is 3. The van der Waals surface area contributed by atoms with Gasteiger partial charge in [0, 0.05) is 17.3 Å². The van der Waals surface area contributed by atoms with E-state index in [2.05, 4.69) is 4.98 Å². The van der Waals surface area contributed by atoms with Gasteiger partial charge in [-0.2, -0.15) is 0 Å². The van der Waals surface area contributed by atoms with Crippen molar-refractivity contribution in [1.82, 2.24) is 9.55 Å². The maximum Gasteiger partial charge on any atom is 0.253 e. The SMILES string of the molecule is Cc1ccc(C)c(C(=O)Cn2cnc(C)cc2=O)c1. The topological polar surface area (TPSA) is 52.0 Å². The molecule has 4 nitrogen and oxygen atoms in total. The van der Waals surface area contributed by atoms with Crippen LogP contribution < -0.4 is 5.56 Å². The zero-order valence-electron chi connectivity index (χ0n) is 11.3. The summed E-state index contributed by atoms with van der Waals surface area (Å²) in [5, 5.41) is 0. The van der Waals surface area contributed by atoms with Gasteiger partial charge in [0.15, 0.2) is 5.78 Å². The fourth-order valence-electron chi connectivity index (χ4n) is 1.91. The van der Waals surface area contributed by atoms with Gasteiger partial charge >= 0.3 is 0 Å². The molecule has 0 bridgehead atoms. The highest BCUT2D eigenvalue weighted by Gasteiger charge is 2.11. The Morgan fingerprint density at radius 3 is 2.63 bits per heavy atom. The monoisotopic (exact) mass is 256 g/mol. The van der Waals surface area contributed by atoms with Crippen LogP contribution in [0.4, 0.5) is 0 Å². The van der Waals surface area contributed by atoms with Crippen molar-refractivity contribution < 1.29 is 4.79 Å². The average molecular weight is 256 g/mol. The van der Waals surface area contributed by atoms with E-state index in [1.54, 1.807) is 6.92 Å². The third-order valence-corrected chi connectivity index (χ3v) is 3.02. The van der Waals surface area contributed by atoms with E-state index in [4.69, 9.17) is 0 Å². The van der Waals surface area contributed by atoms with Crippen LogP contribution in [-0.2, 0) is 6.54 Å². The van der Waals surface area contributed by atoms with Crippen molar-refractivity contribution in [3.8, 4) is 0 Å². The Morgan fingerprint density at radius 1 is 1.21 bits per heavy atom. The van der Waals surface area contributed by atoms with Crippen LogP contribution in [0, 0.1) is 20.8 Å². The summed E-state index contributed by atoms with van der Waals surface area (Å²) in [6.45, 7) is 5.60. The zero-order valence-corrected chi connectivity index (χ0v) is 11.3. The molecule has 98 valence electrons. The van der Waals surface area contributed by atoms with Crippen LogP contribution in [-0.4, -0.2) is 15.3 Å². The molecular formula is C15H16N2O2. The first-order valence-electron chi connectivity index (χ1n) is 6.11. The predicted octanol–water partition coefficient (Wildman–Crippen LogP) is 2.05. The van der Waals surface area contributed by atoms with E-state index >= 15 is 0 Å². The summed E-state index contributed by atoms with van der Waals surface area (Å²) >= 11 is 0. The second-order valence-corrected chi connectivity index (χ2v) is 4.74. The van der Waals surface area contributed by atoms with Gasteiger partial charge < -0.3 is 0 Å². The van der Waals surface area contributed by atoms with Crippen molar-refractivity contribution >= 4 is 5.78 Å². The van der Waals surface area contributed by atoms with Crippen molar-refractivity contribution in [1.29, 1.82) is 0 Å². The molecule has 0 atom stereocenters. The van der Waals surface area contributed by atoms with Gasteiger partial charge in [0.25, 0.3) is 5.56 Å². The van der Waals surface area contributed by atoms with Crippen LogP contribution in [0.3, 0.4) is 0 Å². The first-order chi connectivity index (χ1) is 8.97. The van der Waals surface area contributed by atoms with Gasteiger partial charge in [-0.1, -0.05) is 17.7 Å². The molecule has 1 aromatic heterocycles. The number of ketones is 1. The standard InChI is InChI=1S/C15H16N2O2/c1-10-4-5-11(2)13(6-10)14(18)8-17-9-16-12(3)7-15(17)19/h4-7,9H,8H2,1-3H3. The normalized spacial score (nSPS) is 10.5. The molecule has 4 heteroatoms. The maximum absolute atomic E-state index is 12.2. The number of aryl methyl sites for hydroxylation is 3. The number of hydrogen-bond donors (Lipinski definition) is 0. The number of aromatic nitrogens is 2. The second-order valence-electron chi connectivity index (χ2n) is 4.74. The smallest absolute Gasteiger partial charge is 0.253 e. The van der Waals surface area contributed by atoms with Gasteiger partial charge in [-0.3, -0.25) is 14.2 Å². The quantitative estimate of drug-likeness (QED) is 0.790. The largest absolute Gasteiger partial charge is 0.292 e. The lowest BCUT2D eigenvalue weighted by atomic mass is 10.0. The third kappa shape index (κ3) is 2.96. The number of nitrogens with zero attached hydrogens (tertiary/aromatic N) is 2. The predicted molar refractivity (Wildman–Crippen MR) is 73.5 cm³/mol. The Morgan fingerprint density at radius 2 is 1.95 bits per heavy atom. The van der Waals surface area contributed by atoms with Crippen LogP contribution in [0.5, 0.6) is 0 Å². The number of benzene rings is 1. The third-order valence-electron chi connectivity index (χ3n) is 3.02. The lowest BCUT2D eigenvalue weighted by Gasteiger charge is -2.08. The summed E-state index contributed by atoms with van der Waals surface area (Å²) in [4.78, 5) is 28.0. The number of Topliss-reactive ketones (excluding diaryl/α,β-unsaturated/α-hetero) is 1. The van der Waals surface area contributed by atoms with Crippen LogP contribution >= 0.6 is 0 Å². The van der Waals surface area contributed by atoms with Gasteiger partial charge in [-0.25, -0.2) is 4.98 Å². The Hall–Kier alpha value is -2.23. The molecule has 0 N–H and O–H groups in total.